The number of amides is 1. The summed E-state index contributed by atoms with van der Waals surface area (Å²) >= 11 is 0. The number of hydrogen-bond acceptors (Lipinski definition) is 3. The van der Waals surface area contributed by atoms with Gasteiger partial charge in [0.05, 0.1) is 0 Å². The molecular formula is C26H29FN2O2. The Kier molecular flexibility index (Phi) is 7.79. The van der Waals surface area contributed by atoms with Crippen molar-refractivity contribution in [2.24, 2.45) is 5.73 Å². The lowest BCUT2D eigenvalue weighted by Crippen LogP contribution is -2.18. The van der Waals surface area contributed by atoms with Gasteiger partial charge in [-0.15, -0.1) is 0 Å². The zero-order valence-corrected chi connectivity index (χ0v) is 18.1. The fraction of sp³-hybridized carbons (Fsp3) is 0.269. The molecule has 0 spiro atoms. The fourth-order valence-electron chi connectivity index (χ4n) is 3.53. The standard InChI is InChI=1S/C18H19FN2O2.C8H10/c19-16-11-14(18(20)22)5-8-17(16)23-15-6-3-13(4-7-15)12-21-9-1-2-10-21;1-7-4-3-5-8(2)6-7/h3-8,11H,1-2,9-10,12H2,(H2,20,22);3-6H,1-2H3. The Hall–Kier alpha value is -3.18. The molecule has 0 radical (unpaired) electrons. The van der Waals surface area contributed by atoms with Gasteiger partial charge in [-0.1, -0.05) is 47.5 Å². The Bertz CT molecular complexity index is 995. The summed E-state index contributed by atoms with van der Waals surface area (Å²) in [5, 5.41) is 0. The van der Waals surface area contributed by atoms with E-state index in [0.717, 1.165) is 25.7 Å². The van der Waals surface area contributed by atoms with Gasteiger partial charge in [0.15, 0.2) is 11.6 Å². The highest BCUT2D eigenvalue weighted by Crippen LogP contribution is 2.26. The molecule has 0 saturated carbocycles. The number of nitrogens with two attached hydrogens (primary N) is 1. The van der Waals surface area contributed by atoms with Crippen molar-refractivity contribution in [3.05, 3.63) is 94.8 Å². The highest BCUT2D eigenvalue weighted by Gasteiger charge is 2.12. The minimum atomic E-state index is -0.665. The van der Waals surface area contributed by atoms with Gasteiger partial charge in [-0.05, 0) is 75.7 Å². The summed E-state index contributed by atoms with van der Waals surface area (Å²) in [5.41, 5.74) is 9.13. The smallest absolute Gasteiger partial charge is 0.248 e. The van der Waals surface area contributed by atoms with Crippen LogP contribution in [0.25, 0.3) is 0 Å². The maximum absolute atomic E-state index is 13.9. The van der Waals surface area contributed by atoms with Gasteiger partial charge >= 0.3 is 0 Å². The molecule has 0 bridgehead atoms. The van der Waals surface area contributed by atoms with E-state index in [1.165, 1.54) is 41.7 Å². The van der Waals surface area contributed by atoms with Crippen LogP contribution in [0.5, 0.6) is 11.5 Å². The maximum Gasteiger partial charge on any atom is 0.248 e. The molecule has 0 unspecified atom stereocenters. The van der Waals surface area contributed by atoms with Crippen molar-refractivity contribution in [1.82, 2.24) is 4.90 Å². The first-order chi connectivity index (χ1) is 14.9. The number of hydrogen-bond donors (Lipinski definition) is 1. The largest absolute Gasteiger partial charge is 0.454 e. The number of nitrogens with zero attached hydrogens (tertiary/aromatic N) is 1. The van der Waals surface area contributed by atoms with E-state index in [4.69, 9.17) is 10.5 Å². The van der Waals surface area contributed by atoms with Crippen LogP contribution in [0.4, 0.5) is 4.39 Å². The summed E-state index contributed by atoms with van der Waals surface area (Å²) in [7, 11) is 0. The molecule has 4 nitrogen and oxygen atoms in total. The molecule has 1 fully saturated rings. The quantitative estimate of drug-likeness (QED) is 0.583. The summed E-state index contributed by atoms with van der Waals surface area (Å²) in [6.07, 6.45) is 2.53. The van der Waals surface area contributed by atoms with Crippen LogP contribution >= 0.6 is 0 Å². The van der Waals surface area contributed by atoms with Gasteiger partial charge in [-0.3, -0.25) is 9.69 Å². The maximum atomic E-state index is 13.9. The number of rotatable bonds is 5. The third kappa shape index (κ3) is 6.93. The van der Waals surface area contributed by atoms with Crippen LogP contribution in [0.3, 0.4) is 0 Å². The number of ether oxygens (including phenoxy) is 1. The van der Waals surface area contributed by atoms with Crippen molar-refractivity contribution in [3.63, 3.8) is 0 Å². The van der Waals surface area contributed by atoms with Gasteiger partial charge in [-0.2, -0.15) is 0 Å². The van der Waals surface area contributed by atoms with Crippen LogP contribution in [0.15, 0.2) is 66.7 Å². The van der Waals surface area contributed by atoms with Gasteiger partial charge in [-0.25, -0.2) is 4.39 Å². The number of aryl methyl sites for hydroxylation is 2. The monoisotopic (exact) mass is 420 g/mol. The summed E-state index contributed by atoms with van der Waals surface area (Å²) in [4.78, 5) is 13.4. The number of primary amides is 1. The molecule has 162 valence electrons. The summed E-state index contributed by atoms with van der Waals surface area (Å²) in [6.45, 7) is 7.44. The molecule has 31 heavy (non-hydrogen) atoms. The highest BCUT2D eigenvalue weighted by molar-refractivity contribution is 5.92. The first-order valence-corrected chi connectivity index (χ1v) is 10.5. The molecule has 3 aromatic carbocycles. The summed E-state index contributed by atoms with van der Waals surface area (Å²) in [5.74, 6) is -0.646. The molecule has 1 aliphatic heterocycles. The zero-order chi connectivity index (χ0) is 22.2. The highest BCUT2D eigenvalue weighted by atomic mass is 19.1. The molecule has 1 saturated heterocycles. The van der Waals surface area contributed by atoms with E-state index in [-0.39, 0.29) is 11.3 Å². The summed E-state index contributed by atoms with van der Waals surface area (Å²) < 4.78 is 19.4. The molecule has 0 atom stereocenters. The van der Waals surface area contributed by atoms with Gasteiger partial charge in [0.2, 0.25) is 5.91 Å². The Morgan fingerprint density at radius 1 is 0.968 bits per heavy atom. The van der Waals surface area contributed by atoms with Gasteiger partial charge < -0.3 is 10.5 Å². The van der Waals surface area contributed by atoms with E-state index in [9.17, 15) is 9.18 Å². The molecule has 5 heteroatoms. The Balaban J connectivity index is 0.000000287. The van der Waals surface area contributed by atoms with Crippen molar-refractivity contribution in [3.8, 4) is 11.5 Å². The average molecular weight is 421 g/mol. The number of carbonyl (C=O) groups excluding carboxylic acids is 1. The lowest BCUT2D eigenvalue weighted by atomic mass is 10.2. The van der Waals surface area contributed by atoms with E-state index in [1.54, 1.807) is 0 Å². The second-order valence-electron chi connectivity index (χ2n) is 7.90. The molecule has 2 N–H and O–H groups in total. The topological polar surface area (TPSA) is 55.6 Å². The number of benzene rings is 3. The lowest BCUT2D eigenvalue weighted by molar-refractivity contribution is 0.1000. The zero-order valence-electron chi connectivity index (χ0n) is 18.1. The Labute approximate surface area is 183 Å². The van der Waals surface area contributed by atoms with E-state index in [1.807, 2.05) is 24.3 Å². The van der Waals surface area contributed by atoms with Crippen molar-refractivity contribution in [1.29, 1.82) is 0 Å². The van der Waals surface area contributed by atoms with Crippen molar-refractivity contribution < 1.29 is 13.9 Å². The van der Waals surface area contributed by atoms with Crippen molar-refractivity contribution in [2.45, 2.75) is 33.2 Å². The average Bonchev–Trinajstić information content (AvgIpc) is 3.24. The van der Waals surface area contributed by atoms with Crippen molar-refractivity contribution >= 4 is 5.91 Å². The molecule has 1 aliphatic rings. The van der Waals surface area contributed by atoms with Crippen LogP contribution in [0.2, 0.25) is 0 Å². The first kappa shape index (κ1) is 22.5. The van der Waals surface area contributed by atoms with Gasteiger partial charge in [0.25, 0.3) is 0 Å². The molecule has 1 heterocycles. The first-order valence-electron chi connectivity index (χ1n) is 10.5. The molecular weight excluding hydrogens is 391 g/mol. The third-order valence-corrected chi connectivity index (χ3v) is 5.15. The minimum Gasteiger partial charge on any atom is -0.454 e. The second kappa shape index (κ2) is 10.7. The SMILES string of the molecule is Cc1cccc(C)c1.NC(=O)c1ccc(Oc2ccc(CN3CCCC3)cc2)c(F)c1. The third-order valence-electron chi connectivity index (χ3n) is 5.15. The van der Waals surface area contributed by atoms with Gasteiger partial charge in [0.1, 0.15) is 5.75 Å². The van der Waals surface area contributed by atoms with Crippen LogP contribution in [0.1, 0.15) is 39.9 Å². The molecule has 0 aromatic heterocycles. The summed E-state index contributed by atoms with van der Waals surface area (Å²) in [6, 6.07) is 20.0. The van der Waals surface area contributed by atoms with E-state index < -0.39 is 11.7 Å². The molecule has 3 aromatic rings. The molecule has 0 aliphatic carbocycles. The number of likely N-dealkylation sites (tertiary alicyclic amines) is 1. The molecule has 4 rings (SSSR count). The van der Waals surface area contributed by atoms with Crippen LogP contribution < -0.4 is 10.5 Å². The minimum absolute atomic E-state index is 0.0716. The van der Waals surface area contributed by atoms with Crippen molar-refractivity contribution in [2.75, 3.05) is 13.1 Å². The van der Waals surface area contributed by atoms with Crippen LogP contribution in [-0.4, -0.2) is 23.9 Å². The van der Waals surface area contributed by atoms with Gasteiger partial charge in [0, 0.05) is 12.1 Å². The second-order valence-corrected chi connectivity index (χ2v) is 7.90. The van der Waals surface area contributed by atoms with E-state index in [2.05, 4.69) is 43.0 Å². The Morgan fingerprint density at radius 2 is 1.61 bits per heavy atom. The lowest BCUT2D eigenvalue weighted by Gasteiger charge is -2.15. The molecule has 1 amide bonds. The van der Waals surface area contributed by atoms with E-state index >= 15 is 0 Å². The Morgan fingerprint density at radius 3 is 2.13 bits per heavy atom. The van der Waals surface area contributed by atoms with Crippen LogP contribution in [0, 0.1) is 19.7 Å². The predicted molar refractivity (Wildman–Crippen MR) is 122 cm³/mol. The predicted octanol–water partition coefficient (Wildman–Crippen LogP) is 5.62. The van der Waals surface area contributed by atoms with Crippen LogP contribution in [-0.2, 0) is 6.54 Å². The van der Waals surface area contributed by atoms with E-state index in [0.29, 0.717) is 5.75 Å². The number of carbonyl (C=O) groups is 1. The number of halogens is 1. The normalized spacial score (nSPS) is 13.4. The fourth-order valence-corrected chi connectivity index (χ4v) is 3.53.